The Morgan fingerprint density at radius 3 is 2.59 bits per heavy atom. The lowest BCUT2D eigenvalue weighted by Gasteiger charge is -2.15. The van der Waals surface area contributed by atoms with Crippen molar-refractivity contribution in [2.24, 2.45) is 0 Å². The van der Waals surface area contributed by atoms with E-state index in [4.69, 9.17) is 25.8 Å². The zero-order chi connectivity index (χ0) is 26.9. The summed E-state index contributed by atoms with van der Waals surface area (Å²) in [5.74, 6) is 0.267. The van der Waals surface area contributed by atoms with Gasteiger partial charge in [0.15, 0.2) is 11.5 Å². The Morgan fingerprint density at radius 2 is 1.95 bits per heavy atom. The molecule has 37 heavy (non-hydrogen) atoms. The molecule has 0 bridgehead atoms. The Balaban J connectivity index is 1.89. The van der Waals surface area contributed by atoms with Gasteiger partial charge in [0.2, 0.25) is 0 Å². The van der Waals surface area contributed by atoms with Crippen LogP contribution in [0.5, 0.6) is 17.2 Å². The first-order valence-corrected chi connectivity index (χ1v) is 12.0. The minimum Gasteiger partial charge on any atom is -0.495 e. The standard InChI is InChI=1S/C26H21BrClN3O6/c1-3-36-24-12-16(11-20(27)25(24)37-15-17-6-4-5-7-21(17)28)10-18(14-29)26(32)30-22-13-19(31(33)34)8-9-23(22)35-2/h4-13H,3,15H2,1-2H3,(H,30,32)/b18-10+. The van der Waals surface area contributed by atoms with Crippen LogP contribution in [0.1, 0.15) is 18.1 Å². The van der Waals surface area contributed by atoms with Crippen molar-refractivity contribution in [2.75, 3.05) is 19.0 Å². The zero-order valence-electron chi connectivity index (χ0n) is 19.8. The molecular weight excluding hydrogens is 566 g/mol. The SMILES string of the molecule is CCOc1cc(/C=C(\C#N)C(=O)Nc2cc([N+](=O)[O-])ccc2OC)cc(Br)c1OCc1ccccc1Cl. The number of ether oxygens (including phenoxy) is 3. The molecule has 11 heteroatoms. The third-order valence-corrected chi connectivity index (χ3v) is 5.94. The predicted molar refractivity (Wildman–Crippen MR) is 143 cm³/mol. The number of methoxy groups -OCH3 is 1. The number of nitriles is 1. The maximum absolute atomic E-state index is 12.8. The fourth-order valence-electron chi connectivity index (χ4n) is 3.25. The minimum atomic E-state index is -0.769. The van der Waals surface area contributed by atoms with Gasteiger partial charge in [0.25, 0.3) is 11.6 Å². The van der Waals surface area contributed by atoms with E-state index in [9.17, 15) is 20.2 Å². The van der Waals surface area contributed by atoms with Crippen molar-refractivity contribution in [1.29, 1.82) is 5.26 Å². The topological polar surface area (TPSA) is 124 Å². The lowest BCUT2D eigenvalue weighted by atomic mass is 10.1. The molecule has 0 aliphatic rings. The van der Waals surface area contributed by atoms with Crippen LogP contribution < -0.4 is 19.5 Å². The number of nitro groups is 1. The maximum Gasteiger partial charge on any atom is 0.271 e. The van der Waals surface area contributed by atoms with Crippen molar-refractivity contribution in [2.45, 2.75) is 13.5 Å². The summed E-state index contributed by atoms with van der Waals surface area (Å²) < 4.78 is 17.4. The van der Waals surface area contributed by atoms with Crippen LogP contribution in [0.2, 0.25) is 5.02 Å². The second kappa shape index (κ2) is 12.8. The first-order chi connectivity index (χ1) is 17.8. The van der Waals surface area contributed by atoms with Gasteiger partial charge in [0.1, 0.15) is 24.0 Å². The molecule has 3 rings (SSSR count). The van der Waals surface area contributed by atoms with Gasteiger partial charge in [0.05, 0.1) is 28.8 Å². The third-order valence-electron chi connectivity index (χ3n) is 4.98. The van der Waals surface area contributed by atoms with Crippen molar-refractivity contribution in [3.63, 3.8) is 0 Å². The average Bonchev–Trinajstić information content (AvgIpc) is 2.87. The molecule has 3 aromatic rings. The molecule has 0 aliphatic heterocycles. The third kappa shape index (κ3) is 7.00. The van der Waals surface area contributed by atoms with Crippen LogP contribution in [0.15, 0.2) is 64.6 Å². The summed E-state index contributed by atoms with van der Waals surface area (Å²) in [6.07, 6.45) is 1.37. The van der Waals surface area contributed by atoms with Crippen LogP contribution in [-0.4, -0.2) is 24.5 Å². The summed E-state index contributed by atoms with van der Waals surface area (Å²) in [5.41, 5.74) is 0.854. The summed E-state index contributed by atoms with van der Waals surface area (Å²) in [6, 6.07) is 16.2. The van der Waals surface area contributed by atoms with Gasteiger partial charge >= 0.3 is 0 Å². The largest absolute Gasteiger partial charge is 0.495 e. The fourth-order valence-corrected chi connectivity index (χ4v) is 4.02. The molecule has 0 unspecified atom stereocenters. The van der Waals surface area contributed by atoms with Crippen molar-refractivity contribution >= 4 is 50.9 Å². The molecule has 0 aromatic heterocycles. The van der Waals surface area contributed by atoms with Gasteiger partial charge in [-0.25, -0.2) is 0 Å². The molecular formula is C26H21BrClN3O6. The van der Waals surface area contributed by atoms with Crippen LogP contribution in [0.25, 0.3) is 6.08 Å². The normalized spacial score (nSPS) is 10.8. The molecule has 0 aliphatic carbocycles. The highest BCUT2D eigenvalue weighted by atomic mass is 79.9. The van der Waals surface area contributed by atoms with E-state index in [1.807, 2.05) is 31.2 Å². The highest BCUT2D eigenvalue weighted by Crippen LogP contribution is 2.38. The summed E-state index contributed by atoms with van der Waals surface area (Å²) in [7, 11) is 1.36. The number of hydrogen-bond donors (Lipinski definition) is 1. The van der Waals surface area contributed by atoms with E-state index >= 15 is 0 Å². The summed E-state index contributed by atoms with van der Waals surface area (Å²) in [4.78, 5) is 23.4. The van der Waals surface area contributed by atoms with E-state index in [2.05, 4.69) is 21.2 Å². The van der Waals surface area contributed by atoms with Gasteiger partial charge in [-0.05, 0) is 58.8 Å². The van der Waals surface area contributed by atoms with Crippen molar-refractivity contribution in [1.82, 2.24) is 0 Å². The van der Waals surface area contributed by atoms with Gasteiger partial charge in [-0.3, -0.25) is 14.9 Å². The molecule has 0 spiro atoms. The molecule has 0 atom stereocenters. The fraction of sp³-hybridized carbons (Fsp3) is 0.154. The first-order valence-electron chi connectivity index (χ1n) is 10.9. The first kappa shape index (κ1) is 27.5. The number of halogens is 2. The average molecular weight is 587 g/mol. The molecule has 1 amide bonds. The van der Waals surface area contributed by atoms with Crippen LogP contribution in [-0.2, 0) is 11.4 Å². The van der Waals surface area contributed by atoms with Crippen LogP contribution >= 0.6 is 27.5 Å². The van der Waals surface area contributed by atoms with Crippen LogP contribution in [0.3, 0.4) is 0 Å². The highest BCUT2D eigenvalue weighted by molar-refractivity contribution is 9.10. The van der Waals surface area contributed by atoms with Crippen molar-refractivity contribution in [3.8, 4) is 23.3 Å². The smallest absolute Gasteiger partial charge is 0.271 e. The molecule has 0 saturated carbocycles. The lowest BCUT2D eigenvalue weighted by Crippen LogP contribution is -2.14. The van der Waals surface area contributed by atoms with E-state index in [1.165, 1.54) is 25.3 Å². The van der Waals surface area contributed by atoms with Gasteiger partial charge in [-0.1, -0.05) is 29.8 Å². The number of hydrogen-bond acceptors (Lipinski definition) is 7. The van der Waals surface area contributed by atoms with Crippen molar-refractivity contribution in [3.05, 3.63) is 90.9 Å². The van der Waals surface area contributed by atoms with Crippen LogP contribution in [0, 0.1) is 21.4 Å². The number of non-ortho nitro benzene ring substituents is 1. The van der Waals surface area contributed by atoms with Gasteiger partial charge in [0, 0.05) is 22.7 Å². The van der Waals surface area contributed by atoms with Crippen LogP contribution in [0.4, 0.5) is 11.4 Å². The van der Waals surface area contributed by atoms with E-state index in [0.29, 0.717) is 33.2 Å². The predicted octanol–water partition coefficient (Wildman–Crippen LogP) is 6.54. The molecule has 9 nitrogen and oxygen atoms in total. The number of nitrogens with one attached hydrogen (secondary N) is 1. The number of nitro benzene ring substituents is 1. The lowest BCUT2D eigenvalue weighted by molar-refractivity contribution is -0.384. The Labute approximate surface area is 226 Å². The van der Waals surface area contributed by atoms with E-state index in [-0.39, 0.29) is 29.3 Å². The molecule has 190 valence electrons. The van der Waals surface area contributed by atoms with Crippen molar-refractivity contribution < 1.29 is 23.9 Å². The minimum absolute atomic E-state index is 0.0577. The number of benzene rings is 3. The zero-order valence-corrected chi connectivity index (χ0v) is 22.1. The Kier molecular flexibility index (Phi) is 9.49. The van der Waals surface area contributed by atoms with E-state index in [1.54, 1.807) is 18.2 Å². The molecule has 0 heterocycles. The Bertz CT molecular complexity index is 1400. The van der Waals surface area contributed by atoms with E-state index < -0.39 is 10.8 Å². The maximum atomic E-state index is 12.8. The summed E-state index contributed by atoms with van der Waals surface area (Å²) in [5, 5.41) is 23.8. The molecule has 1 N–H and O–H groups in total. The number of carbonyl (C=O) groups is 1. The Morgan fingerprint density at radius 1 is 1.19 bits per heavy atom. The monoisotopic (exact) mass is 585 g/mol. The summed E-state index contributed by atoms with van der Waals surface area (Å²) >= 11 is 9.69. The van der Waals surface area contributed by atoms with Gasteiger partial charge in [-0.2, -0.15) is 5.26 Å². The number of carbonyl (C=O) groups excluding carboxylic acids is 1. The number of amides is 1. The van der Waals surface area contributed by atoms with E-state index in [0.717, 1.165) is 11.6 Å². The number of nitrogens with zero attached hydrogens (tertiary/aromatic N) is 2. The molecule has 0 fully saturated rings. The number of rotatable bonds is 10. The van der Waals surface area contributed by atoms with Gasteiger partial charge < -0.3 is 19.5 Å². The second-order valence-corrected chi connectivity index (χ2v) is 8.67. The second-order valence-electron chi connectivity index (χ2n) is 7.41. The Hall–Kier alpha value is -4.07. The summed E-state index contributed by atoms with van der Waals surface area (Å²) in [6.45, 7) is 2.36. The van der Waals surface area contributed by atoms with Gasteiger partial charge in [-0.15, -0.1) is 0 Å². The molecule has 0 radical (unpaired) electrons. The number of anilines is 1. The molecule has 3 aromatic carbocycles. The highest BCUT2D eigenvalue weighted by Gasteiger charge is 2.18. The quantitative estimate of drug-likeness (QED) is 0.124. The molecule has 0 saturated heterocycles.